The molecule has 0 bridgehead atoms. The Hall–Kier alpha value is -2.28. The topological polar surface area (TPSA) is 68.5 Å². The van der Waals surface area contributed by atoms with Gasteiger partial charge in [0.1, 0.15) is 12.7 Å². The van der Waals surface area contributed by atoms with Crippen LogP contribution in [0.15, 0.2) is 53.8 Å². The van der Waals surface area contributed by atoms with Crippen molar-refractivity contribution < 1.29 is 0 Å². The minimum Gasteiger partial charge on any atom is -0.348 e. The number of aromatic nitrogens is 5. The van der Waals surface area contributed by atoms with Gasteiger partial charge in [-0.1, -0.05) is 12.1 Å². The fraction of sp³-hybridized carbons (Fsp3) is 0.143. The number of nitrogens with one attached hydrogen (secondary N) is 1. The summed E-state index contributed by atoms with van der Waals surface area (Å²) in [5.74, 6) is 0.594. The Morgan fingerprint density at radius 3 is 2.76 bits per heavy atom. The third kappa shape index (κ3) is 3.25. The highest BCUT2D eigenvalue weighted by atomic mass is 79.9. The van der Waals surface area contributed by atoms with Crippen molar-refractivity contribution in [3.63, 3.8) is 0 Å². The molecule has 0 aliphatic heterocycles. The standard InChI is InChI=1S/C14H13BrN6/c1-10(20-14-17-6-12(15)7-18-14)11-3-2-4-13(5-11)21-9-16-8-19-21/h2-10H,1H3,(H,17,18,20)/t10-/m0/s1. The van der Waals surface area contributed by atoms with E-state index in [4.69, 9.17) is 0 Å². The molecule has 0 saturated carbocycles. The Kier molecular flexibility index (Phi) is 3.92. The van der Waals surface area contributed by atoms with Gasteiger partial charge in [0.15, 0.2) is 0 Å². The largest absolute Gasteiger partial charge is 0.348 e. The van der Waals surface area contributed by atoms with Crippen molar-refractivity contribution in [1.82, 2.24) is 24.7 Å². The van der Waals surface area contributed by atoms with E-state index in [0.717, 1.165) is 15.7 Å². The zero-order valence-corrected chi connectivity index (χ0v) is 12.9. The van der Waals surface area contributed by atoms with Crippen LogP contribution >= 0.6 is 15.9 Å². The first-order chi connectivity index (χ1) is 10.2. The summed E-state index contributed by atoms with van der Waals surface area (Å²) in [4.78, 5) is 12.4. The van der Waals surface area contributed by atoms with Crippen molar-refractivity contribution in [3.05, 3.63) is 59.3 Å². The third-order valence-electron chi connectivity index (χ3n) is 3.02. The van der Waals surface area contributed by atoms with Gasteiger partial charge in [-0.3, -0.25) is 0 Å². The molecule has 0 spiro atoms. The van der Waals surface area contributed by atoms with Crippen molar-refractivity contribution in [2.24, 2.45) is 0 Å². The van der Waals surface area contributed by atoms with Gasteiger partial charge in [0.25, 0.3) is 0 Å². The van der Waals surface area contributed by atoms with E-state index in [9.17, 15) is 0 Å². The molecule has 1 N–H and O–H groups in total. The van der Waals surface area contributed by atoms with Crippen LogP contribution in [0.5, 0.6) is 0 Å². The summed E-state index contributed by atoms with van der Waals surface area (Å²) < 4.78 is 2.58. The molecule has 7 heteroatoms. The van der Waals surface area contributed by atoms with Gasteiger partial charge in [-0.25, -0.2) is 19.6 Å². The lowest BCUT2D eigenvalue weighted by Gasteiger charge is -2.15. The molecule has 6 nitrogen and oxygen atoms in total. The number of halogens is 1. The van der Waals surface area contributed by atoms with Gasteiger partial charge in [0, 0.05) is 12.4 Å². The molecule has 1 aromatic carbocycles. The SMILES string of the molecule is C[C@H](Nc1ncc(Br)cn1)c1cccc(-n2cncn2)c1. The van der Waals surface area contributed by atoms with Gasteiger partial charge in [-0.15, -0.1) is 0 Å². The van der Waals surface area contributed by atoms with Crippen LogP contribution in [0.1, 0.15) is 18.5 Å². The van der Waals surface area contributed by atoms with Crippen molar-refractivity contribution >= 4 is 21.9 Å². The van der Waals surface area contributed by atoms with Gasteiger partial charge in [-0.05, 0) is 40.5 Å². The number of nitrogens with zero attached hydrogens (tertiary/aromatic N) is 5. The molecular formula is C14H13BrN6. The summed E-state index contributed by atoms with van der Waals surface area (Å²) in [5, 5.41) is 7.41. The van der Waals surface area contributed by atoms with E-state index in [1.807, 2.05) is 12.1 Å². The second-order valence-corrected chi connectivity index (χ2v) is 5.44. The van der Waals surface area contributed by atoms with E-state index >= 15 is 0 Å². The van der Waals surface area contributed by atoms with E-state index in [1.54, 1.807) is 23.4 Å². The molecule has 0 fully saturated rings. The molecule has 0 saturated heterocycles. The molecule has 3 rings (SSSR count). The first-order valence-corrected chi connectivity index (χ1v) is 7.21. The van der Waals surface area contributed by atoms with Crippen LogP contribution in [0.3, 0.4) is 0 Å². The molecule has 0 amide bonds. The molecule has 0 aliphatic rings. The average molecular weight is 345 g/mol. The van der Waals surface area contributed by atoms with Crippen LogP contribution in [0, 0.1) is 0 Å². The minimum atomic E-state index is 0.0784. The highest BCUT2D eigenvalue weighted by Crippen LogP contribution is 2.19. The molecular weight excluding hydrogens is 332 g/mol. The van der Waals surface area contributed by atoms with Crippen LogP contribution < -0.4 is 5.32 Å². The van der Waals surface area contributed by atoms with Crippen molar-refractivity contribution in [3.8, 4) is 5.69 Å². The number of anilines is 1. The highest BCUT2D eigenvalue weighted by Gasteiger charge is 2.08. The van der Waals surface area contributed by atoms with Crippen molar-refractivity contribution in [2.75, 3.05) is 5.32 Å². The lowest BCUT2D eigenvalue weighted by molar-refractivity contribution is 0.841. The number of rotatable bonds is 4. The number of benzene rings is 1. The monoisotopic (exact) mass is 344 g/mol. The highest BCUT2D eigenvalue weighted by molar-refractivity contribution is 9.10. The van der Waals surface area contributed by atoms with Crippen LogP contribution in [-0.2, 0) is 0 Å². The van der Waals surface area contributed by atoms with Crippen molar-refractivity contribution in [2.45, 2.75) is 13.0 Å². The first-order valence-electron chi connectivity index (χ1n) is 6.41. The summed E-state index contributed by atoms with van der Waals surface area (Å²) >= 11 is 3.32. The van der Waals surface area contributed by atoms with Gasteiger partial charge < -0.3 is 5.32 Å². The Labute approximate surface area is 130 Å². The fourth-order valence-electron chi connectivity index (χ4n) is 1.94. The van der Waals surface area contributed by atoms with E-state index in [-0.39, 0.29) is 6.04 Å². The lowest BCUT2D eigenvalue weighted by Crippen LogP contribution is -2.09. The summed E-state index contributed by atoms with van der Waals surface area (Å²) in [6, 6.07) is 8.17. The maximum absolute atomic E-state index is 4.22. The minimum absolute atomic E-state index is 0.0784. The van der Waals surface area contributed by atoms with E-state index in [1.165, 1.54) is 6.33 Å². The second-order valence-electron chi connectivity index (χ2n) is 4.53. The maximum atomic E-state index is 4.22. The van der Waals surface area contributed by atoms with Gasteiger partial charge >= 0.3 is 0 Å². The summed E-state index contributed by atoms with van der Waals surface area (Å²) in [6.07, 6.45) is 6.63. The van der Waals surface area contributed by atoms with Gasteiger partial charge in [0.2, 0.25) is 5.95 Å². The van der Waals surface area contributed by atoms with E-state index < -0.39 is 0 Å². The first kappa shape index (κ1) is 13.7. The van der Waals surface area contributed by atoms with Crippen LogP contribution in [0.2, 0.25) is 0 Å². The fourth-order valence-corrected chi connectivity index (χ4v) is 2.15. The van der Waals surface area contributed by atoms with Crippen LogP contribution in [0.4, 0.5) is 5.95 Å². The van der Waals surface area contributed by atoms with E-state index in [0.29, 0.717) is 5.95 Å². The second kappa shape index (κ2) is 6.01. The molecule has 0 unspecified atom stereocenters. The van der Waals surface area contributed by atoms with Crippen LogP contribution in [0.25, 0.3) is 5.69 Å². The lowest BCUT2D eigenvalue weighted by atomic mass is 10.1. The zero-order chi connectivity index (χ0) is 14.7. The summed E-state index contributed by atoms with van der Waals surface area (Å²) in [6.45, 7) is 2.06. The normalized spacial score (nSPS) is 12.1. The molecule has 2 heterocycles. The third-order valence-corrected chi connectivity index (χ3v) is 3.43. The van der Waals surface area contributed by atoms with Crippen molar-refractivity contribution in [1.29, 1.82) is 0 Å². The Morgan fingerprint density at radius 1 is 1.24 bits per heavy atom. The smallest absolute Gasteiger partial charge is 0.223 e. The molecule has 106 valence electrons. The van der Waals surface area contributed by atoms with Gasteiger partial charge in [0.05, 0.1) is 16.2 Å². The molecule has 1 atom stereocenters. The number of hydrogen-bond donors (Lipinski definition) is 1. The molecule has 2 aromatic heterocycles. The summed E-state index contributed by atoms with van der Waals surface area (Å²) in [7, 11) is 0. The molecule has 0 radical (unpaired) electrons. The quantitative estimate of drug-likeness (QED) is 0.787. The molecule has 0 aliphatic carbocycles. The summed E-state index contributed by atoms with van der Waals surface area (Å²) in [5.41, 5.74) is 2.09. The zero-order valence-electron chi connectivity index (χ0n) is 11.3. The average Bonchev–Trinajstić information content (AvgIpc) is 3.04. The molecule has 21 heavy (non-hydrogen) atoms. The predicted octanol–water partition coefficient (Wildman–Crippen LogP) is 2.99. The Balaban J connectivity index is 1.80. The number of hydrogen-bond acceptors (Lipinski definition) is 5. The molecule has 3 aromatic rings. The van der Waals surface area contributed by atoms with Gasteiger partial charge in [-0.2, -0.15) is 5.10 Å². The van der Waals surface area contributed by atoms with Crippen LogP contribution in [-0.4, -0.2) is 24.7 Å². The van der Waals surface area contributed by atoms with E-state index in [2.05, 4.69) is 60.4 Å². The predicted molar refractivity (Wildman–Crippen MR) is 83.1 cm³/mol. The Bertz CT molecular complexity index is 711. The Morgan fingerprint density at radius 2 is 2.05 bits per heavy atom. The maximum Gasteiger partial charge on any atom is 0.223 e.